The lowest BCUT2D eigenvalue weighted by molar-refractivity contribution is 0.0709. The van der Waals surface area contributed by atoms with Gasteiger partial charge in [-0.05, 0) is 18.9 Å². The molecule has 1 aromatic heterocycles. The normalized spacial score (nSPS) is 15.5. The van der Waals surface area contributed by atoms with Crippen molar-refractivity contribution >= 4 is 41.3 Å². The van der Waals surface area contributed by atoms with Crippen LogP contribution in [0, 0.1) is 0 Å². The molecule has 0 saturated carbocycles. The molecule has 4 nitrogen and oxygen atoms in total. The number of nitrogens with zero attached hydrogens (tertiary/aromatic N) is 2. The first kappa shape index (κ1) is 17.2. The van der Waals surface area contributed by atoms with Gasteiger partial charge in [0, 0.05) is 30.1 Å². The average molecular weight is 358 g/mol. The second-order valence-corrected chi connectivity index (χ2v) is 6.41. The highest BCUT2D eigenvalue weighted by atomic mass is 35.5. The number of carbonyl (C=O) groups excluding carboxylic acids is 1. The number of piperidine rings is 1. The quantitative estimate of drug-likeness (QED) is 0.895. The summed E-state index contributed by atoms with van der Waals surface area (Å²) >= 11 is 7.61. The average Bonchev–Trinajstić information content (AvgIpc) is 2.97. The molecule has 0 radical (unpaired) electrons. The van der Waals surface area contributed by atoms with Gasteiger partial charge in [-0.15, -0.1) is 23.7 Å². The molecule has 2 aromatic rings. The van der Waals surface area contributed by atoms with Crippen LogP contribution in [0.4, 0.5) is 0 Å². The van der Waals surface area contributed by atoms with Crippen LogP contribution in [0.15, 0.2) is 29.6 Å². The SMILES string of the molecule is Cl.NC1CCN(C(=O)c2csc(-c3ccccc3Cl)n2)CC1. The third-order valence-corrected chi connectivity index (χ3v) is 4.86. The first-order valence-electron chi connectivity index (χ1n) is 6.90. The van der Waals surface area contributed by atoms with E-state index in [1.807, 2.05) is 29.2 Å². The van der Waals surface area contributed by atoms with Crippen LogP contribution in [0.2, 0.25) is 5.02 Å². The number of hydrogen-bond donors (Lipinski definition) is 1. The van der Waals surface area contributed by atoms with Crippen molar-refractivity contribution in [2.75, 3.05) is 13.1 Å². The molecule has 0 aliphatic carbocycles. The summed E-state index contributed by atoms with van der Waals surface area (Å²) in [6.45, 7) is 1.41. The van der Waals surface area contributed by atoms with Crippen molar-refractivity contribution in [3.8, 4) is 10.6 Å². The topological polar surface area (TPSA) is 59.2 Å². The molecule has 7 heteroatoms. The smallest absolute Gasteiger partial charge is 0.273 e. The Bertz CT molecular complexity index is 654. The predicted octanol–water partition coefficient (Wildman–Crippen LogP) is 3.45. The maximum atomic E-state index is 12.4. The van der Waals surface area contributed by atoms with Crippen molar-refractivity contribution in [1.29, 1.82) is 0 Å². The Hall–Kier alpha value is -1.14. The summed E-state index contributed by atoms with van der Waals surface area (Å²) < 4.78 is 0. The van der Waals surface area contributed by atoms with Crippen molar-refractivity contribution in [3.63, 3.8) is 0 Å². The number of aromatic nitrogens is 1. The minimum Gasteiger partial charge on any atom is -0.337 e. The Morgan fingerprint density at radius 3 is 2.68 bits per heavy atom. The van der Waals surface area contributed by atoms with E-state index in [-0.39, 0.29) is 24.4 Å². The Balaban J connectivity index is 0.00000176. The lowest BCUT2D eigenvalue weighted by atomic mass is 10.1. The van der Waals surface area contributed by atoms with Gasteiger partial charge < -0.3 is 10.6 Å². The van der Waals surface area contributed by atoms with Crippen molar-refractivity contribution in [1.82, 2.24) is 9.88 Å². The Morgan fingerprint density at radius 1 is 1.32 bits per heavy atom. The summed E-state index contributed by atoms with van der Waals surface area (Å²) in [6.07, 6.45) is 1.71. The molecule has 0 bridgehead atoms. The number of hydrogen-bond acceptors (Lipinski definition) is 4. The molecule has 2 heterocycles. The monoisotopic (exact) mass is 357 g/mol. The highest BCUT2D eigenvalue weighted by Crippen LogP contribution is 2.30. The van der Waals surface area contributed by atoms with Crippen LogP contribution < -0.4 is 5.73 Å². The number of amides is 1. The van der Waals surface area contributed by atoms with Gasteiger partial charge >= 0.3 is 0 Å². The van der Waals surface area contributed by atoms with Crippen LogP contribution in [0.3, 0.4) is 0 Å². The zero-order chi connectivity index (χ0) is 14.8. The number of halogens is 2. The number of likely N-dealkylation sites (tertiary alicyclic amines) is 1. The predicted molar refractivity (Wildman–Crippen MR) is 92.9 cm³/mol. The molecule has 1 amide bonds. The number of rotatable bonds is 2. The molecule has 1 aliphatic rings. The van der Waals surface area contributed by atoms with Gasteiger partial charge in [0.05, 0.1) is 5.02 Å². The lowest BCUT2D eigenvalue weighted by Gasteiger charge is -2.29. The van der Waals surface area contributed by atoms with Gasteiger partial charge in [0.25, 0.3) is 5.91 Å². The molecule has 22 heavy (non-hydrogen) atoms. The lowest BCUT2D eigenvalue weighted by Crippen LogP contribution is -2.42. The first-order chi connectivity index (χ1) is 10.1. The number of benzene rings is 1. The minimum absolute atomic E-state index is 0. The highest BCUT2D eigenvalue weighted by molar-refractivity contribution is 7.13. The van der Waals surface area contributed by atoms with Gasteiger partial charge in [0.2, 0.25) is 0 Å². The van der Waals surface area contributed by atoms with Gasteiger partial charge in [-0.1, -0.05) is 29.8 Å². The van der Waals surface area contributed by atoms with Gasteiger partial charge in [-0.25, -0.2) is 4.98 Å². The van der Waals surface area contributed by atoms with E-state index in [1.54, 1.807) is 5.38 Å². The summed E-state index contributed by atoms with van der Waals surface area (Å²) in [4.78, 5) is 18.7. The fourth-order valence-corrected chi connectivity index (χ4v) is 3.51. The standard InChI is InChI=1S/C15H16ClN3OS.ClH/c16-12-4-2-1-3-11(12)14-18-13(9-21-14)15(20)19-7-5-10(17)6-8-19;/h1-4,9-10H,5-8,17H2;1H. The molecule has 1 aliphatic heterocycles. The van der Waals surface area contributed by atoms with E-state index in [0.29, 0.717) is 23.8 Å². The molecular formula is C15H17Cl2N3OS. The molecule has 1 saturated heterocycles. The zero-order valence-electron chi connectivity index (χ0n) is 11.9. The minimum atomic E-state index is -0.0172. The number of thiazole rings is 1. The number of carbonyl (C=O) groups is 1. The largest absolute Gasteiger partial charge is 0.337 e. The van der Waals surface area contributed by atoms with Crippen LogP contribution in [0.1, 0.15) is 23.3 Å². The van der Waals surface area contributed by atoms with Crippen LogP contribution in [0.25, 0.3) is 10.6 Å². The first-order valence-corrected chi connectivity index (χ1v) is 8.16. The maximum absolute atomic E-state index is 12.4. The van der Waals surface area contributed by atoms with E-state index in [2.05, 4.69) is 4.98 Å². The molecule has 0 spiro atoms. The number of nitrogens with two attached hydrogens (primary N) is 1. The molecular weight excluding hydrogens is 341 g/mol. The van der Waals surface area contributed by atoms with E-state index >= 15 is 0 Å². The van der Waals surface area contributed by atoms with Crippen molar-refractivity contribution < 1.29 is 4.79 Å². The summed E-state index contributed by atoms with van der Waals surface area (Å²) in [5.74, 6) is -0.0172. The van der Waals surface area contributed by atoms with E-state index in [1.165, 1.54) is 11.3 Å². The van der Waals surface area contributed by atoms with E-state index in [9.17, 15) is 4.79 Å². The van der Waals surface area contributed by atoms with Crippen LogP contribution in [-0.2, 0) is 0 Å². The molecule has 1 aromatic carbocycles. The van der Waals surface area contributed by atoms with Crippen LogP contribution >= 0.6 is 35.3 Å². The van der Waals surface area contributed by atoms with Crippen molar-refractivity contribution in [2.45, 2.75) is 18.9 Å². The van der Waals surface area contributed by atoms with Gasteiger partial charge in [-0.2, -0.15) is 0 Å². The fraction of sp³-hybridized carbons (Fsp3) is 0.333. The third-order valence-electron chi connectivity index (χ3n) is 3.65. The Kier molecular flexibility index (Phi) is 5.81. The van der Waals surface area contributed by atoms with Gasteiger partial charge in [0.15, 0.2) is 0 Å². The fourth-order valence-electron chi connectivity index (χ4n) is 2.39. The Labute approximate surface area is 144 Å². The van der Waals surface area contributed by atoms with Crippen molar-refractivity contribution in [2.24, 2.45) is 5.73 Å². The highest BCUT2D eigenvalue weighted by Gasteiger charge is 2.23. The molecule has 0 unspecified atom stereocenters. The molecule has 1 fully saturated rings. The second kappa shape index (κ2) is 7.42. The van der Waals surface area contributed by atoms with Crippen LogP contribution in [0.5, 0.6) is 0 Å². The third kappa shape index (κ3) is 3.60. The van der Waals surface area contributed by atoms with Gasteiger partial charge in [0.1, 0.15) is 10.7 Å². The summed E-state index contributed by atoms with van der Waals surface area (Å²) in [6, 6.07) is 7.74. The van der Waals surface area contributed by atoms with E-state index in [4.69, 9.17) is 17.3 Å². The molecule has 2 N–H and O–H groups in total. The maximum Gasteiger partial charge on any atom is 0.273 e. The summed E-state index contributed by atoms with van der Waals surface area (Å²) in [5, 5.41) is 3.22. The van der Waals surface area contributed by atoms with E-state index in [0.717, 1.165) is 23.4 Å². The second-order valence-electron chi connectivity index (χ2n) is 5.15. The summed E-state index contributed by atoms with van der Waals surface area (Å²) in [5.41, 5.74) is 7.22. The Morgan fingerprint density at radius 2 is 2.00 bits per heavy atom. The molecule has 118 valence electrons. The van der Waals surface area contributed by atoms with E-state index < -0.39 is 0 Å². The van der Waals surface area contributed by atoms with Gasteiger partial charge in [-0.3, -0.25) is 4.79 Å². The summed E-state index contributed by atoms with van der Waals surface area (Å²) in [7, 11) is 0. The van der Waals surface area contributed by atoms with Crippen LogP contribution in [-0.4, -0.2) is 34.9 Å². The molecule has 0 atom stereocenters. The zero-order valence-corrected chi connectivity index (χ0v) is 14.3. The van der Waals surface area contributed by atoms with Crippen molar-refractivity contribution in [3.05, 3.63) is 40.4 Å². The molecule has 3 rings (SSSR count).